The first kappa shape index (κ1) is 20.2. The van der Waals surface area contributed by atoms with E-state index in [0.717, 1.165) is 11.3 Å². The number of rotatable bonds is 8. The molecule has 6 nitrogen and oxygen atoms in total. The lowest BCUT2D eigenvalue weighted by atomic mass is 9.90. The number of hydrogen-bond donors (Lipinski definition) is 1. The molecule has 1 atom stereocenters. The standard InChI is InChI=1S/C19H24N2O4/c1-5-24-16-9-6-15(7-10-16)8-11-18(23)25-12-17(22)21-19(4,13-20)14(2)3/h6-11,14H,5,12H2,1-4H3,(H,21,22)/b11-8+/t19-/m0/s1. The highest BCUT2D eigenvalue weighted by Gasteiger charge is 2.30. The van der Waals surface area contributed by atoms with Crippen molar-refractivity contribution in [1.82, 2.24) is 5.32 Å². The van der Waals surface area contributed by atoms with Gasteiger partial charge in [-0.1, -0.05) is 26.0 Å². The third-order valence-electron chi connectivity index (χ3n) is 3.73. The van der Waals surface area contributed by atoms with Crippen LogP contribution < -0.4 is 10.1 Å². The fraction of sp³-hybridized carbons (Fsp3) is 0.421. The van der Waals surface area contributed by atoms with Gasteiger partial charge in [-0.15, -0.1) is 0 Å². The maximum absolute atomic E-state index is 11.8. The van der Waals surface area contributed by atoms with Gasteiger partial charge in [0.2, 0.25) is 0 Å². The van der Waals surface area contributed by atoms with E-state index in [-0.39, 0.29) is 5.92 Å². The second kappa shape index (κ2) is 9.48. The van der Waals surface area contributed by atoms with Crippen LogP contribution in [0.3, 0.4) is 0 Å². The van der Waals surface area contributed by atoms with Crippen LogP contribution in [0, 0.1) is 17.2 Å². The summed E-state index contributed by atoms with van der Waals surface area (Å²) in [4.78, 5) is 23.5. The Labute approximate surface area is 148 Å². The van der Waals surface area contributed by atoms with Crippen LogP contribution in [-0.2, 0) is 14.3 Å². The van der Waals surface area contributed by atoms with Crippen LogP contribution in [0.5, 0.6) is 5.75 Å². The lowest BCUT2D eigenvalue weighted by Crippen LogP contribution is -2.50. The molecule has 0 aromatic heterocycles. The van der Waals surface area contributed by atoms with E-state index in [2.05, 4.69) is 11.4 Å². The van der Waals surface area contributed by atoms with Crippen molar-refractivity contribution in [2.24, 2.45) is 5.92 Å². The predicted octanol–water partition coefficient (Wildman–Crippen LogP) is 2.70. The highest BCUT2D eigenvalue weighted by molar-refractivity contribution is 5.89. The summed E-state index contributed by atoms with van der Waals surface area (Å²) in [5.41, 5.74) is -0.191. The quantitative estimate of drug-likeness (QED) is 0.578. The molecule has 1 aromatic rings. The van der Waals surface area contributed by atoms with Gasteiger partial charge in [-0.25, -0.2) is 4.79 Å². The maximum Gasteiger partial charge on any atom is 0.331 e. The van der Waals surface area contributed by atoms with Gasteiger partial charge >= 0.3 is 5.97 Å². The fourth-order valence-electron chi connectivity index (χ4n) is 1.82. The Morgan fingerprint density at radius 3 is 2.48 bits per heavy atom. The third kappa shape index (κ3) is 6.68. The summed E-state index contributed by atoms with van der Waals surface area (Å²) in [6.07, 6.45) is 2.83. The van der Waals surface area contributed by atoms with Crippen LogP contribution in [0.2, 0.25) is 0 Å². The molecule has 0 fully saturated rings. The minimum absolute atomic E-state index is 0.0725. The third-order valence-corrected chi connectivity index (χ3v) is 3.73. The average Bonchev–Trinajstić information content (AvgIpc) is 2.59. The molecule has 1 amide bonds. The number of nitriles is 1. The Balaban J connectivity index is 2.49. The zero-order chi connectivity index (χ0) is 18.9. The van der Waals surface area contributed by atoms with E-state index >= 15 is 0 Å². The number of carbonyl (C=O) groups is 2. The molecule has 1 N–H and O–H groups in total. The average molecular weight is 344 g/mol. The minimum atomic E-state index is -0.998. The molecule has 0 heterocycles. The molecule has 0 saturated carbocycles. The first-order chi connectivity index (χ1) is 11.8. The molecule has 0 unspecified atom stereocenters. The van der Waals surface area contributed by atoms with E-state index in [0.29, 0.717) is 6.61 Å². The highest BCUT2D eigenvalue weighted by Crippen LogP contribution is 2.15. The van der Waals surface area contributed by atoms with Gasteiger partial charge in [0.25, 0.3) is 5.91 Å². The first-order valence-electron chi connectivity index (χ1n) is 8.10. The zero-order valence-electron chi connectivity index (χ0n) is 15.0. The minimum Gasteiger partial charge on any atom is -0.494 e. The lowest BCUT2D eigenvalue weighted by Gasteiger charge is -2.27. The number of amides is 1. The number of benzene rings is 1. The maximum atomic E-state index is 11.8. The van der Waals surface area contributed by atoms with Crippen molar-refractivity contribution >= 4 is 18.0 Å². The number of carbonyl (C=O) groups excluding carboxylic acids is 2. The van der Waals surface area contributed by atoms with Crippen molar-refractivity contribution in [2.75, 3.05) is 13.2 Å². The van der Waals surface area contributed by atoms with Crippen molar-refractivity contribution in [3.8, 4) is 11.8 Å². The second-order valence-corrected chi connectivity index (χ2v) is 5.96. The molecule has 0 saturated heterocycles. The van der Waals surface area contributed by atoms with Crippen molar-refractivity contribution < 1.29 is 19.1 Å². The second-order valence-electron chi connectivity index (χ2n) is 5.96. The van der Waals surface area contributed by atoms with Crippen LogP contribution in [0.15, 0.2) is 30.3 Å². The number of nitrogens with zero attached hydrogens (tertiary/aromatic N) is 1. The smallest absolute Gasteiger partial charge is 0.331 e. The van der Waals surface area contributed by atoms with E-state index in [1.807, 2.05) is 32.9 Å². The van der Waals surface area contributed by atoms with Crippen molar-refractivity contribution in [2.45, 2.75) is 33.2 Å². The van der Waals surface area contributed by atoms with Crippen LogP contribution in [-0.4, -0.2) is 30.6 Å². The summed E-state index contributed by atoms with van der Waals surface area (Å²) >= 11 is 0. The Morgan fingerprint density at radius 1 is 1.32 bits per heavy atom. The normalized spacial score (nSPS) is 13.1. The van der Waals surface area contributed by atoms with Crippen molar-refractivity contribution in [3.63, 3.8) is 0 Å². The summed E-state index contributed by atoms with van der Waals surface area (Å²) in [6.45, 7) is 7.34. The molecule has 0 aliphatic carbocycles. The molecule has 0 aliphatic rings. The number of nitrogens with one attached hydrogen (secondary N) is 1. The van der Waals surface area contributed by atoms with Crippen molar-refractivity contribution in [3.05, 3.63) is 35.9 Å². The molecule has 6 heteroatoms. The Morgan fingerprint density at radius 2 is 1.96 bits per heavy atom. The molecule has 0 spiro atoms. The van der Waals surface area contributed by atoms with Crippen LogP contribution >= 0.6 is 0 Å². The number of ether oxygens (including phenoxy) is 2. The number of hydrogen-bond acceptors (Lipinski definition) is 5. The summed E-state index contributed by atoms with van der Waals surface area (Å²) in [7, 11) is 0. The SMILES string of the molecule is CCOc1ccc(/C=C/C(=O)OCC(=O)N[C@@](C)(C#N)C(C)C)cc1. The summed E-state index contributed by atoms with van der Waals surface area (Å²) in [5, 5.41) is 11.7. The van der Waals surface area contributed by atoms with E-state index in [1.54, 1.807) is 25.1 Å². The molecule has 25 heavy (non-hydrogen) atoms. The Kier molecular flexibility index (Phi) is 7.67. The molecule has 0 radical (unpaired) electrons. The van der Waals surface area contributed by atoms with Gasteiger partial charge in [-0.3, -0.25) is 4.79 Å². The summed E-state index contributed by atoms with van der Waals surface area (Å²) < 4.78 is 10.2. The molecule has 1 aromatic carbocycles. The summed E-state index contributed by atoms with van der Waals surface area (Å²) in [6, 6.07) is 9.28. The fourth-order valence-corrected chi connectivity index (χ4v) is 1.82. The molecule has 134 valence electrons. The van der Waals surface area contributed by atoms with Gasteiger partial charge in [0, 0.05) is 6.08 Å². The Bertz CT molecular complexity index is 659. The van der Waals surface area contributed by atoms with Crippen LogP contribution in [0.1, 0.15) is 33.3 Å². The predicted molar refractivity (Wildman–Crippen MR) is 94.6 cm³/mol. The van der Waals surface area contributed by atoms with Gasteiger partial charge in [0.1, 0.15) is 11.3 Å². The molecule has 0 aliphatic heterocycles. The van der Waals surface area contributed by atoms with Gasteiger partial charge in [-0.05, 0) is 43.5 Å². The molecular weight excluding hydrogens is 320 g/mol. The molecule has 1 rings (SSSR count). The van der Waals surface area contributed by atoms with E-state index in [1.165, 1.54) is 6.08 Å². The highest BCUT2D eigenvalue weighted by atomic mass is 16.5. The van der Waals surface area contributed by atoms with Gasteiger partial charge in [-0.2, -0.15) is 5.26 Å². The zero-order valence-corrected chi connectivity index (χ0v) is 15.0. The van der Waals surface area contributed by atoms with Crippen LogP contribution in [0.25, 0.3) is 6.08 Å². The lowest BCUT2D eigenvalue weighted by molar-refractivity contribution is -0.144. The molecular formula is C19H24N2O4. The topological polar surface area (TPSA) is 88.4 Å². The van der Waals surface area contributed by atoms with E-state index in [9.17, 15) is 9.59 Å². The monoisotopic (exact) mass is 344 g/mol. The van der Waals surface area contributed by atoms with Crippen molar-refractivity contribution in [1.29, 1.82) is 5.26 Å². The molecule has 0 bridgehead atoms. The summed E-state index contributed by atoms with van der Waals surface area (Å²) in [5.74, 6) is -0.464. The first-order valence-corrected chi connectivity index (χ1v) is 8.10. The van der Waals surface area contributed by atoms with Gasteiger partial charge < -0.3 is 14.8 Å². The largest absolute Gasteiger partial charge is 0.494 e. The van der Waals surface area contributed by atoms with Crippen LogP contribution in [0.4, 0.5) is 0 Å². The van der Waals surface area contributed by atoms with E-state index < -0.39 is 24.0 Å². The van der Waals surface area contributed by atoms with Gasteiger partial charge in [0.15, 0.2) is 6.61 Å². The Hall–Kier alpha value is -2.81. The van der Waals surface area contributed by atoms with E-state index in [4.69, 9.17) is 14.7 Å². The number of esters is 1. The van der Waals surface area contributed by atoms with Gasteiger partial charge in [0.05, 0.1) is 12.7 Å².